The first kappa shape index (κ1) is 23.4. The molecule has 2 bridgehead atoms. The largest absolute Gasteiger partial charge is 0.478 e. The van der Waals surface area contributed by atoms with E-state index in [0.717, 1.165) is 54.5 Å². The zero-order valence-corrected chi connectivity index (χ0v) is 22.1. The first-order valence-corrected chi connectivity index (χ1v) is 15.0. The number of benzene rings is 1. The van der Waals surface area contributed by atoms with Gasteiger partial charge in [-0.1, -0.05) is 16.5 Å². The van der Waals surface area contributed by atoms with Gasteiger partial charge < -0.3 is 19.3 Å². The van der Waals surface area contributed by atoms with Gasteiger partial charge in [0, 0.05) is 29.5 Å². The highest BCUT2D eigenvalue weighted by atomic mass is 32.1. The lowest BCUT2D eigenvalue weighted by Gasteiger charge is -2.38. The molecular weight excluding hydrogens is 505 g/mol. The predicted octanol–water partition coefficient (Wildman–Crippen LogP) is 6.62. The SMILES string of the molecule is O=C(O)c1cc(F)c2nc(N3C4CC[C@H]3CC(OCc3c(C5CCC6CC6C5)noc3C3CC3)C4)sc2c1. The molecule has 3 aliphatic carbocycles. The molecule has 5 aliphatic rings. The zero-order valence-electron chi connectivity index (χ0n) is 21.3. The van der Waals surface area contributed by atoms with E-state index in [1.54, 1.807) is 0 Å². The van der Waals surface area contributed by atoms with Crippen LogP contribution in [0.15, 0.2) is 16.7 Å². The summed E-state index contributed by atoms with van der Waals surface area (Å²) in [6.07, 6.45) is 11.7. The molecule has 8 rings (SSSR count). The molecule has 38 heavy (non-hydrogen) atoms. The van der Waals surface area contributed by atoms with Crippen LogP contribution < -0.4 is 4.90 Å². The molecule has 0 spiro atoms. The lowest BCUT2D eigenvalue weighted by atomic mass is 9.85. The summed E-state index contributed by atoms with van der Waals surface area (Å²) >= 11 is 1.39. The minimum Gasteiger partial charge on any atom is -0.478 e. The summed E-state index contributed by atoms with van der Waals surface area (Å²) in [7, 11) is 0. The van der Waals surface area contributed by atoms with Crippen molar-refractivity contribution in [2.45, 2.75) is 101 Å². The van der Waals surface area contributed by atoms with Crippen molar-refractivity contribution in [3.63, 3.8) is 0 Å². The summed E-state index contributed by atoms with van der Waals surface area (Å²) < 4.78 is 27.8. The number of aromatic carboxylic acids is 1. The van der Waals surface area contributed by atoms with Crippen LogP contribution in [0.5, 0.6) is 0 Å². The van der Waals surface area contributed by atoms with E-state index in [4.69, 9.17) is 9.26 Å². The molecule has 2 saturated heterocycles. The van der Waals surface area contributed by atoms with Gasteiger partial charge in [0.1, 0.15) is 11.3 Å². The van der Waals surface area contributed by atoms with E-state index in [-0.39, 0.29) is 17.2 Å². The van der Waals surface area contributed by atoms with E-state index >= 15 is 0 Å². The Labute approximate surface area is 224 Å². The van der Waals surface area contributed by atoms with Crippen LogP contribution in [-0.2, 0) is 11.3 Å². The minimum absolute atomic E-state index is 0.0378. The molecule has 0 radical (unpaired) electrons. The molecule has 200 valence electrons. The highest BCUT2D eigenvalue weighted by Crippen LogP contribution is 2.55. The van der Waals surface area contributed by atoms with Crippen LogP contribution in [-0.4, -0.2) is 39.4 Å². The summed E-state index contributed by atoms with van der Waals surface area (Å²) in [4.78, 5) is 18.3. The third kappa shape index (κ3) is 3.96. The average Bonchev–Trinajstić information content (AvgIpc) is 3.79. The van der Waals surface area contributed by atoms with Gasteiger partial charge in [0.15, 0.2) is 10.9 Å². The van der Waals surface area contributed by atoms with Gasteiger partial charge in [-0.05, 0) is 88.2 Å². The summed E-state index contributed by atoms with van der Waals surface area (Å²) in [5.74, 6) is 2.29. The number of thiazole rings is 1. The van der Waals surface area contributed by atoms with Gasteiger partial charge >= 0.3 is 5.97 Å². The van der Waals surface area contributed by atoms with Crippen LogP contribution in [0.4, 0.5) is 9.52 Å². The fourth-order valence-electron chi connectivity index (χ4n) is 7.55. The van der Waals surface area contributed by atoms with E-state index in [1.807, 2.05) is 0 Å². The van der Waals surface area contributed by atoms with Gasteiger partial charge in [-0.2, -0.15) is 0 Å². The highest BCUT2D eigenvalue weighted by molar-refractivity contribution is 7.22. The van der Waals surface area contributed by atoms with Crippen molar-refractivity contribution >= 4 is 32.7 Å². The number of rotatable bonds is 7. The Hall–Kier alpha value is -2.52. The maximum atomic E-state index is 14.6. The first-order chi connectivity index (χ1) is 18.5. The molecule has 3 aromatic rings. The van der Waals surface area contributed by atoms with Crippen molar-refractivity contribution in [2.75, 3.05) is 4.90 Å². The van der Waals surface area contributed by atoms with Crippen LogP contribution in [0.1, 0.15) is 103 Å². The van der Waals surface area contributed by atoms with E-state index in [2.05, 4.69) is 15.0 Å². The number of fused-ring (bicyclic) bond motifs is 4. The first-order valence-electron chi connectivity index (χ1n) is 14.2. The van der Waals surface area contributed by atoms with E-state index < -0.39 is 11.8 Å². The monoisotopic (exact) mass is 537 g/mol. The summed E-state index contributed by atoms with van der Waals surface area (Å²) in [5, 5.41) is 14.7. The fraction of sp³-hybridized carbons (Fsp3) is 0.621. The summed E-state index contributed by atoms with van der Waals surface area (Å²) in [5.41, 5.74) is 2.64. The molecule has 2 aromatic heterocycles. The number of aromatic nitrogens is 2. The van der Waals surface area contributed by atoms with Gasteiger partial charge in [0.25, 0.3) is 0 Å². The molecule has 7 nitrogen and oxygen atoms in total. The lowest BCUT2D eigenvalue weighted by molar-refractivity contribution is 0.0141. The van der Waals surface area contributed by atoms with Crippen molar-refractivity contribution in [1.29, 1.82) is 0 Å². The molecule has 2 aliphatic heterocycles. The van der Waals surface area contributed by atoms with E-state index in [0.29, 0.717) is 35.2 Å². The maximum absolute atomic E-state index is 14.6. The second kappa shape index (κ2) is 8.74. The molecule has 6 atom stereocenters. The molecule has 1 N–H and O–H groups in total. The number of carboxylic acid groups (broad SMARTS) is 1. The number of halogens is 1. The van der Waals surface area contributed by atoms with Crippen molar-refractivity contribution < 1.29 is 23.6 Å². The van der Waals surface area contributed by atoms with Gasteiger partial charge in [0.2, 0.25) is 0 Å². The topological polar surface area (TPSA) is 88.7 Å². The van der Waals surface area contributed by atoms with Crippen molar-refractivity contribution in [1.82, 2.24) is 10.1 Å². The molecular formula is C29H32FN3O4S. The van der Waals surface area contributed by atoms with Crippen molar-refractivity contribution in [2.24, 2.45) is 11.8 Å². The summed E-state index contributed by atoms with van der Waals surface area (Å²) in [6, 6.07) is 3.20. The summed E-state index contributed by atoms with van der Waals surface area (Å²) in [6.45, 7) is 0.587. The van der Waals surface area contributed by atoms with Gasteiger partial charge in [-0.3, -0.25) is 0 Å². The standard InChI is InChI=1S/C29H32FN3O4S/c30-23-9-18(28(34)35)10-24-26(23)31-29(38-24)33-19-5-6-20(33)12-21(11-19)36-13-22-25(32-37-27(22)14-1-2-14)16-4-3-15-7-17(15)8-16/h9-10,14-17,19-21H,1-8,11-13H2,(H,34,35)/t15?,16?,17?,19-,20?,21?/m0/s1. The predicted molar refractivity (Wildman–Crippen MR) is 140 cm³/mol. The van der Waals surface area contributed by atoms with Crippen molar-refractivity contribution in [3.8, 4) is 0 Å². The molecule has 9 heteroatoms. The van der Waals surface area contributed by atoms with Crippen LogP contribution in [0, 0.1) is 17.7 Å². The fourth-order valence-corrected chi connectivity index (χ4v) is 8.72. The smallest absolute Gasteiger partial charge is 0.335 e. The molecule has 1 aromatic carbocycles. The average molecular weight is 538 g/mol. The van der Waals surface area contributed by atoms with Gasteiger partial charge in [-0.15, -0.1) is 0 Å². The number of ether oxygens (including phenoxy) is 1. The van der Waals surface area contributed by atoms with Gasteiger partial charge in [0.05, 0.1) is 28.7 Å². The van der Waals surface area contributed by atoms with Crippen LogP contribution in [0.2, 0.25) is 0 Å². The Morgan fingerprint density at radius 3 is 2.58 bits per heavy atom. The second-order valence-electron chi connectivity index (χ2n) is 12.3. The Kier molecular flexibility index (Phi) is 5.38. The number of hydrogen-bond donors (Lipinski definition) is 1. The Morgan fingerprint density at radius 1 is 1.05 bits per heavy atom. The highest BCUT2D eigenvalue weighted by Gasteiger charge is 2.45. The lowest BCUT2D eigenvalue weighted by Crippen LogP contribution is -2.45. The molecule has 4 heterocycles. The third-order valence-corrected chi connectivity index (χ3v) is 10.8. The normalized spacial score (nSPS) is 32.1. The molecule has 0 amide bonds. The molecule has 5 fully saturated rings. The zero-order chi connectivity index (χ0) is 25.5. The number of carboxylic acids is 1. The number of nitrogens with zero attached hydrogens (tertiary/aromatic N) is 3. The van der Waals surface area contributed by atoms with Crippen LogP contribution in [0.3, 0.4) is 0 Å². The number of anilines is 1. The molecule has 5 unspecified atom stereocenters. The Bertz CT molecular complexity index is 1400. The quantitative estimate of drug-likeness (QED) is 0.362. The Morgan fingerprint density at radius 2 is 1.84 bits per heavy atom. The van der Waals surface area contributed by atoms with E-state index in [9.17, 15) is 14.3 Å². The number of piperidine rings is 1. The minimum atomic E-state index is -1.13. The number of carbonyl (C=O) groups is 1. The maximum Gasteiger partial charge on any atom is 0.335 e. The number of hydrogen-bond acceptors (Lipinski definition) is 7. The third-order valence-electron chi connectivity index (χ3n) is 9.78. The van der Waals surface area contributed by atoms with Crippen LogP contribution >= 0.6 is 11.3 Å². The van der Waals surface area contributed by atoms with Crippen LogP contribution in [0.25, 0.3) is 10.2 Å². The molecule has 3 saturated carbocycles. The Balaban J connectivity index is 0.988. The van der Waals surface area contributed by atoms with Crippen molar-refractivity contribution in [3.05, 3.63) is 40.5 Å². The van der Waals surface area contributed by atoms with E-state index in [1.165, 1.54) is 67.2 Å². The van der Waals surface area contributed by atoms with Gasteiger partial charge in [-0.25, -0.2) is 14.2 Å². The second-order valence-corrected chi connectivity index (χ2v) is 13.3.